The van der Waals surface area contributed by atoms with Crippen molar-refractivity contribution in [2.45, 2.75) is 12.2 Å². The van der Waals surface area contributed by atoms with Crippen LogP contribution in [0.1, 0.15) is 27.5 Å². The van der Waals surface area contributed by atoms with E-state index < -0.39 is 11.7 Å². The summed E-state index contributed by atoms with van der Waals surface area (Å²) in [5.74, 6) is -0.383. The maximum absolute atomic E-state index is 12.7. The van der Waals surface area contributed by atoms with Gasteiger partial charge in [0.15, 0.2) is 0 Å². The van der Waals surface area contributed by atoms with Crippen LogP contribution < -0.4 is 15.1 Å². The lowest BCUT2D eigenvalue weighted by atomic mass is 10.0. The van der Waals surface area contributed by atoms with Crippen LogP contribution in [-0.2, 0) is 10.9 Å². The van der Waals surface area contributed by atoms with Crippen LogP contribution in [0.4, 0.5) is 18.9 Å². The second-order valence-electron chi connectivity index (χ2n) is 7.59. The summed E-state index contributed by atoms with van der Waals surface area (Å²) < 4.78 is 43.7. The van der Waals surface area contributed by atoms with Gasteiger partial charge in [-0.1, -0.05) is 12.1 Å². The standard InChI is InChI=1S/C22H26F3N3O2/c1-27(2)19-9-5-16(6-10-19)20(28-11-13-30-14-12-28)15-26-21(29)17-3-7-18(8-4-17)22(23,24)25/h3-10,20H,11-15H2,1-2H3,(H,26,29)/p+1/t20-/m1/s1. The molecule has 0 bridgehead atoms. The van der Waals surface area contributed by atoms with E-state index in [1.807, 2.05) is 31.1 Å². The minimum atomic E-state index is -4.42. The van der Waals surface area contributed by atoms with Crippen molar-refractivity contribution in [3.8, 4) is 0 Å². The molecule has 0 saturated carbocycles. The maximum atomic E-state index is 12.7. The molecule has 30 heavy (non-hydrogen) atoms. The molecule has 1 fully saturated rings. The number of morpholine rings is 1. The molecule has 5 nitrogen and oxygen atoms in total. The van der Waals surface area contributed by atoms with Gasteiger partial charge in [-0.2, -0.15) is 13.2 Å². The summed E-state index contributed by atoms with van der Waals surface area (Å²) in [6.07, 6.45) is -4.42. The van der Waals surface area contributed by atoms with Crippen molar-refractivity contribution in [2.75, 3.05) is 51.8 Å². The molecule has 0 unspecified atom stereocenters. The van der Waals surface area contributed by atoms with Crippen molar-refractivity contribution in [3.05, 3.63) is 65.2 Å². The number of hydrogen-bond donors (Lipinski definition) is 2. The Labute approximate surface area is 174 Å². The summed E-state index contributed by atoms with van der Waals surface area (Å²) >= 11 is 0. The lowest BCUT2D eigenvalue weighted by Crippen LogP contribution is -3.15. The molecule has 2 N–H and O–H groups in total. The summed E-state index contributed by atoms with van der Waals surface area (Å²) in [5, 5.41) is 2.90. The molecule has 0 radical (unpaired) electrons. The zero-order valence-corrected chi connectivity index (χ0v) is 17.1. The first kappa shape index (κ1) is 22.1. The molecule has 1 heterocycles. The molecule has 1 amide bonds. The Kier molecular flexibility index (Phi) is 6.99. The fraction of sp³-hybridized carbons (Fsp3) is 0.409. The summed E-state index contributed by atoms with van der Waals surface area (Å²) in [7, 11) is 3.95. The number of nitrogens with one attached hydrogen (secondary N) is 2. The van der Waals surface area contributed by atoms with E-state index in [0.29, 0.717) is 19.8 Å². The Balaban J connectivity index is 1.72. The zero-order chi connectivity index (χ0) is 21.7. The third-order valence-electron chi connectivity index (χ3n) is 5.38. The van der Waals surface area contributed by atoms with E-state index >= 15 is 0 Å². The highest BCUT2D eigenvalue weighted by molar-refractivity contribution is 5.94. The van der Waals surface area contributed by atoms with Crippen LogP contribution in [0.3, 0.4) is 0 Å². The van der Waals surface area contributed by atoms with Crippen molar-refractivity contribution < 1.29 is 27.6 Å². The third kappa shape index (κ3) is 5.52. The zero-order valence-electron chi connectivity index (χ0n) is 17.1. The van der Waals surface area contributed by atoms with Gasteiger partial charge < -0.3 is 19.9 Å². The fourth-order valence-electron chi connectivity index (χ4n) is 3.59. The van der Waals surface area contributed by atoms with Crippen molar-refractivity contribution in [1.82, 2.24) is 5.32 Å². The van der Waals surface area contributed by atoms with Crippen LogP contribution in [0, 0.1) is 0 Å². The number of benzene rings is 2. The number of carbonyl (C=O) groups is 1. The van der Waals surface area contributed by atoms with Gasteiger partial charge in [0.05, 0.1) is 25.3 Å². The number of rotatable bonds is 6. The minimum Gasteiger partial charge on any atom is -0.378 e. The van der Waals surface area contributed by atoms with Crippen LogP contribution in [0.2, 0.25) is 0 Å². The van der Waals surface area contributed by atoms with E-state index in [0.717, 1.165) is 36.5 Å². The van der Waals surface area contributed by atoms with Gasteiger partial charge in [-0.15, -0.1) is 0 Å². The van der Waals surface area contributed by atoms with Crippen LogP contribution in [0.15, 0.2) is 48.5 Å². The molecule has 1 atom stereocenters. The Morgan fingerprint density at radius 3 is 2.20 bits per heavy atom. The van der Waals surface area contributed by atoms with Crippen molar-refractivity contribution in [3.63, 3.8) is 0 Å². The van der Waals surface area contributed by atoms with Gasteiger partial charge in [-0.3, -0.25) is 4.79 Å². The monoisotopic (exact) mass is 422 g/mol. The first-order valence-electron chi connectivity index (χ1n) is 9.91. The molecule has 1 saturated heterocycles. The molecule has 162 valence electrons. The minimum absolute atomic E-state index is 0.0310. The predicted octanol–water partition coefficient (Wildman–Crippen LogP) is 2.16. The number of ether oxygens (including phenoxy) is 1. The molecule has 1 aliphatic rings. The molecule has 0 aliphatic carbocycles. The van der Waals surface area contributed by atoms with E-state index in [1.54, 1.807) is 0 Å². The molecular weight excluding hydrogens is 395 g/mol. The van der Waals surface area contributed by atoms with Crippen molar-refractivity contribution >= 4 is 11.6 Å². The maximum Gasteiger partial charge on any atom is 0.416 e. The lowest BCUT2D eigenvalue weighted by molar-refractivity contribution is -0.937. The molecule has 2 aromatic carbocycles. The summed E-state index contributed by atoms with van der Waals surface area (Å²) in [4.78, 5) is 15.9. The highest BCUT2D eigenvalue weighted by atomic mass is 19.4. The van der Waals surface area contributed by atoms with Crippen molar-refractivity contribution in [2.24, 2.45) is 0 Å². The van der Waals surface area contributed by atoms with E-state index in [1.165, 1.54) is 17.0 Å². The Morgan fingerprint density at radius 2 is 1.67 bits per heavy atom. The van der Waals surface area contributed by atoms with Gasteiger partial charge >= 0.3 is 6.18 Å². The predicted molar refractivity (Wildman–Crippen MR) is 109 cm³/mol. The number of nitrogens with zero attached hydrogens (tertiary/aromatic N) is 1. The smallest absolute Gasteiger partial charge is 0.378 e. The first-order chi connectivity index (χ1) is 14.3. The van der Waals surface area contributed by atoms with Crippen LogP contribution in [0.25, 0.3) is 0 Å². The topological polar surface area (TPSA) is 46.0 Å². The Morgan fingerprint density at radius 1 is 1.07 bits per heavy atom. The molecule has 3 rings (SSSR count). The summed E-state index contributed by atoms with van der Waals surface area (Å²) in [6.45, 7) is 3.37. The number of anilines is 1. The molecule has 8 heteroatoms. The first-order valence-corrected chi connectivity index (χ1v) is 9.91. The highest BCUT2D eigenvalue weighted by Gasteiger charge is 2.30. The molecule has 1 aliphatic heterocycles. The van der Waals surface area contributed by atoms with E-state index in [-0.39, 0.29) is 17.5 Å². The quantitative estimate of drug-likeness (QED) is 0.750. The van der Waals surface area contributed by atoms with Gasteiger partial charge in [-0.05, 0) is 36.4 Å². The number of quaternary nitrogens is 1. The number of halogens is 3. The molecule has 0 spiro atoms. The van der Waals surface area contributed by atoms with E-state index in [9.17, 15) is 18.0 Å². The largest absolute Gasteiger partial charge is 0.416 e. The molecule has 0 aromatic heterocycles. The van der Waals surface area contributed by atoms with Crippen molar-refractivity contribution in [1.29, 1.82) is 0 Å². The van der Waals surface area contributed by atoms with Gasteiger partial charge in [-0.25, -0.2) is 0 Å². The SMILES string of the molecule is CN(C)c1ccc([C@@H](CNC(=O)c2ccc(C(F)(F)F)cc2)[NH+]2CCOCC2)cc1. The Bertz CT molecular complexity index is 830. The van der Waals surface area contributed by atoms with E-state index in [4.69, 9.17) is 4.74 Å². The van der Waals surface area contributed by atoms with Gasteiger partial charge in [0.2, 0.25) is 0 Å². The second-order valence-corrected chi connectivity index (χ2v) is 7.59. The van der Waals surface area contributed by atoms with Crippen LogP contribution in [-0.4, -0.2) is 52.9 Å². The van der Waals surface area contributed by atoms with Gasteiger partial charge in [0.25, 0.3) is 5.91 Å². The van der Waals surface area contributed by atoms with Crippen LogP contribution >= 0.6 is 0 Å². The van der Waals surface area contributed by atoms with Gasteiger partial charge in [0, 0.05) is 30.9 Å². The molecule has 2 aromatic rings. The molecular formula is C22H27F3N3O2+. The second kappa shape index (κ2) is 9.49. The van der Waals surface area contributed by atoms with E-state index in [2.05, 4.69) is 17.4 Å². The van der Waals surface area contributed by atoms with Gasteiger partial charge in [0.1, 0.15) is 19.1 Å². The number of alkyl halides is 3. The highest BCUT2D eigenvalue weighted by Crippen LogP contribution is 2.29. The van der Waals surface area contributed by atoms with Crippen LogP contribution in [0.5, 0.6) is 0 Å². The fourth-order valence-corrected chi connectivity index (χ4v) is 3.59. The number of amides is 1. The Hall–Kier alpha value is -2.58. The summed E-state index contributed by atoms with van der Waals surface area (Å²) in [5.41, 5.74) is 1.63. The number of carbonyl (C=O) groups excluding carboxylic acids is 1. The number of hydrogen-bond acceptors (Lipinski definition) is 3. The lowest BCUT2D eigenvalue weighted by Gasteiger charge is -2.32. The average Bonchev–Trinajstić information content (AvgIpc) is 2.74. The normalized spacial score (nSPS) is 16.2. The third-order valence-corrected chi connectivity index (χ3v) is 5.38. The average molecular weight is 422 g/mol. The summed E-state index contributed by atoms with van der Waals surface area (Å²) in [6, 6.07) is 12.5.